The molecule has 2 heterocycles. The number of nitrogens with zero attached hydrogens (tertiary/aromatic N) is 2. The molecule has 1 amide bonds. The van der Waals surface area contributed by atoms with Crippen molar-refractivity contribution in [3.05, 3.63) is 65.3 Å². The molecule has 0 fully saturated rings. The van der Waals surface area contributed by atoms with Crippen LogP contribution in [0.4, 0.5) is 0 Å². The predicted molar refractivity (Wildman–Crippen MR) is 138 cm³/mol. The van der Waals surface area contributed by atoms with Crippen LogP contribution < -0.4 is 9.47 Å². The highest BCUT2D eigenvalue weighted by molar-refractivity contribution is 6.14. The van der Waals surface area contributed by atoms with Gasteiger partial charge in [0.25, 0.3) is 5.91 Å². The molecule has 0 aliphatic carbocycles. The van der Waals surface area contributed by atoms with Crippen LogP contribution in [0.15, 0.2) is 58.4 Å². The van der Waals surface area contributed by atoms with Crippen molar-refractivity contribution >= 4 is 17.8 Å². The molecule has 1 unspecified atom stereocenters. The third-order valence-corrected chi connectivity index (χ3v) is 6.24. The third-order valence-electron chi connectivity index (χ3n) is 6.24. The van der Waals surface area contributed by atoms with Gasteiger partial charge in [0.2, 0.25) is 0 Å². The Kier molecular flexibility index (Phi) is 9.76. The molecule has 1 aromatic carbocycles. The van der Waals surface area contributed by atoms with E-state index in [0.29, 0.717) is 42.4 Å². The van der Waals surface area contributed by atoms with Crippen LogP contribution in [0.1, 0.15) is 51.0 Å². The summed E-state index contributed by atoms with van der Waals surface area (Å²) in [6, 6.07) is 8.03. The first kappa shape index (κ1) is 27.1. The van der Waals surface area contributed by atoms with Crippen molar-refractivity contribution in [2.75, 3.05) is 39.9 Å². The zero-order valence-corrected chi connectivity index (χ0v) is 21.5. The Balaban J connectivity index is 1.96. The fourth-order valence-corrected chi connectivity index (χ4v) is 4.31. The van der Waals surface area contributed by atoms with E-state index in [2.05, 4.69) is 18.7 Å². The van der Waals surface area contributed by atoms with Crippen molar-refractivity contribution in [1.29, 1.82) is 0 Å². The number of carbonyl (C=O) groups is 2. The van der Waals surface area contributed by atoms with Gasteiger partial charge in [-0.15, -0.1) is 0 Å². The van der Waals surface area contributed by atoms with Crippen LogP contribution in [0.2, 0.25) is 0 Å². The molecule has 1 aliphatic heterocycles. The smallest absolute Gasteiger partial charge is 0.290 e. The van der Waals surface area contributed by atoms with Gasteiger partial charge >= 0.3 is 0 Å². The molecule has 0 saturated carbocycles. The van der Waals surface area contributed by atoms with Crippen molar-refractivity contribution in [3.63, 3.8) is 0 Å². The molecule has 36 heavy (non-hydrogen) atoms. The maximum atomic E-state index is 13.3. The van der Waals surface area contributed by atoms with E-state index in [0.717, 1.165) is 26.1 Å². The van der Waals surface area contributed by atoms with E-state index in [1.54, 1.807) is 36.3 Å². The van der Waals surface area contributed by atoms with Gasteiger partial charge in [0.1, 0.15) is 5.76 Å². The third kappa shape index (κ3) is 6.18. The normalized spacial score (nSPS) is 16.0. The van der Waals surface area contributed by atoms with Crippen LogP contribution in [-0.2, 0) is 9.59 Å². The lowest BCUT2D eigenvalue weighted by Crippen LogP contribution is -2.34. The fraction of sp³-hybridized carbons (Fsp3) is 0.429. The quantitative estimate of drug-likeness (QED) is 0.376. The van der Waals surface area contributed by atoms with Crippen LogP contribution >= 0.6 is 0 Å². The van der Waals surface area contributed by atoms with Gasteiger partial charge in [-0.25, -0.2) is 0 Å². The van der Waals surface area contributed by atoms with E-state index < -0.39 is 23.5 Å². The number of rotatable bonds is 14. The SMILES string of the molecule is CCCOc1ccc(C2C(C(=O)/C=C/c3ccco3)=C(O)C(=O)N2CCCN(CC)CC)cc1OC. The van der Waals surface area contributed by atoms with Gasteiger partial charge < -0.3 is 28.8 Å². The molecule has 0 saturated heterocycles. The van der Waals surface area contributed by atoms with Crippen LogP contribution in [-0.4, -0.2) is 66.5 Å². The summed E-state index contributed by atoms with van der Waals surface area (Å²) in [5.41, 5.74) is 0.695. The highest BCUT2D eigenvalue weighted by Gasteiger charge is 2.43. The minimum Gasteiger partial charge on any atom is -0.503 e. The predicted octanol–water partition coefficient (Wildman–Crippen LogP) is 4.79. The minimum absolute atomic E-state index is 0.0370. The number of ketones is 1. The first-order valence-corrected chi connectivity index (χ1v) is 12.5. The molecular weight excluding hydrogens is 460 g/mol. The zero-order valence-electron chi connectivity index (χ0n) is 21.5. The molecule has 0 spiro atoms. The minimum atomic E-state index is -0.753. The Morgan fingerprint density at radius 1 is 1.19 bits per heavy atom. The van der Waals surface area contributed by atoms with E-state index in [9.17, 15) is 14.7 Å². The number of furan rings is 1. The average molecular weight is 497 g/mol. The second kappa shape index (κ2) is 13.0. The first-order valence-electron chi connectivity index (χ1n) is 12.5. The summed E-state index contributed by atoms with van der Waals surface area (Å²) in [6.45, 7) is 9.76. The second-order valence-corrected chi connectivity index (χ2v) is 8.52. The highest BCUT2D eigenvalue weighted by atomic mass is 16.5. The van der Waals surface area contributed by atoms with Crippen molar-refractivity contribution in [2.45, 2.75) is 39.7 Å². The average Bonchev–Trinajstić information content (AvgIpc) is 3.50. The highest BCUT2D eigenvalue weighted by Crippen LogP contribution is 2.41. The summed E-state index contributed by atoms with van der Waals surface area (Å²) in [4.78, 5) is 30.3. The summed E-state index contributed by atoms with van der Waals surface area (Å²) in [7, 11) is 1.55. The number of allylic oxidation sites excluding steroid dienone is 1. The molecule has 194 valence electrons. The summed E-state index contributed by atoms with van der Waals surface area (Å²) in [5.74, 6) is 0.0418. The summed E-state index contributed by atoms with van der Waals surface area (Å²) in [6.07, 6.45) is 5.90. The lowest BCUT2D eigenvalue weighted by molar-refractivity contribution is -0.129. The van der Waals surface area contributed by atoms with E-state index in [1.165, 1.54) is 18.4 Å². The zero-order chi connectivity index (χ0) is 26.1. The molecular formula is C28H36N2O6. The number of hydrogen-bond donors (Lipinski definition) is 1. The molecule has 0 bridgehead atoms. The standard InChI is InChI=1S/C28H36N2O6/c1-5-17-36-23-14-11-20(19-24(23)34-4)26-25(22(31)13-12-21-10-8-18-35-21)27(32)28(33)30(26)16-9-15-29(6-2)7-3/h8,10-14,18-19,26,32H,5-7,9,15-17H2,1-4H3/b13-12+. The summed E-state index contributed by atoms with van der Waals surface area (Å²) >= 11 is 0. The lowest BCUT2D eigenvalue weighted by Gasteiger charge is -2.28. The Morgan fingerprint density at radius 2 is 1.97 bits per heavy atom. The number of ether oxygens (including phenoxy) is 2. The maximum Gasteiger partial charge on any atom is 0.290 e. The van der Waals surface area contributed by atoms with Crippen LogP contribution in [0, 0.1) is 0 Å². The Morgan fingerprint density at radius 3 is 2.61 bits per heavy atom. The molecule has 3 rings (SSSR count). The molecule has 8 heteroatoms. The van der Waals surface area contributed by atoms with Gasteiger partial charge in [-0.1, -0.05) is 26.8 Å². The van der Waals surface area contributed by atoms with Crippen molar-refractivity contribution in [2.24, 2.45) is 0 Å². The largest absolute Gasteiger partial charge is 0.503 e. The van der Waals surface area contributed by atoms with Gasteiger partial charge in [0.15, 0.2) is 23.0 Å². The monoisotopic (exact) mass is 496 g/mol. The number of amides is 1. The molecule has 1 atom stereocenters. The second-order valence-electron chi connectivity index (χ2n) is 8.52. The number of methoxy groups -OCH3 is 1. The molecule has 0 radical (unpaired) electrons. The summed E-state index contributed by atoms with van der Waals surface area (Å²) < 4.78 is 16.6. The first-order chi connectivity index (χ1) is 17.4. The molecule has 1 aliphatic rings. The van der Waals surface area contributed by atoms with Gasteiger partial charge in [0, 0.05) is 6.54 Å². The maximum absolute atomic E-state index is 13.3. The van der Waals surface area contributed by atoms with Gasteiger partial charge in [-0.3, -0.25) is 9.59 Å². The lowest BCUT2D eigenvalue weighted by atomic mass is 9.95. The van der Waals surface area contributed by atoms with Crippen LogP contribution in [0.3, 0.4) is 0 Å². The van der Waals surface area contributed by atoms with Gasteiger partial charge in [-0.2, -0.15) is 0 Å². The van der Waals surface area contributed by atoms with Gasteiger partial charge in [-0.05, 0) is 74.5 Å². The Bertz CT molecular complexity index is 1090. The summed E-state index contributed by atoms with van der Waals surface area (Å²) in [5, 5.41) is 10.8. The molecule has 8 nitrogen and oxygen atoms in total. The van der Waals surface area contributed by atoms with E-state index in [-0.39, 0.29) is 5.57 Å². The molecule has 2 aromatic rings. The fourth-order valence-electron chi connectivity index (χ4n) is 4.31. The van der Waals surface area contributed by atoms with Crippen molar-refractivity contribution < 1.29 is 28.6 Å². The number of aliphatic hydroxyl groups is 1. The van der Waals surface area contributed by atoms with Crippen molar-refractivity contribution in [1.82, 2.24) is 9.80 Å². The number of benzene rings is 1. The molecule has 1 N–H and O–H groups in total. The van der Waals surface area contributed by atoms with Crippen LogP contribution in [0.25, 0.3) is 6.08 Å². The Labute approximate surface area is 212 Å². The number of hydrogen-bond acceptors (Lipinski definition) is 7. The number of aliphatic hydroxyl groups excluding tert-OH is 1. The van der Waals surface area contributed by atoms with E-state index in [1.807, 2.05) is 13.0 Å². The van der Waals surface area contributed by atoms with Crippen LogP contribution in [0.5, 0.6) is 11.5 Å². The number of carbonyl (C=O) groups excluding carboxylic acids is 2. The van der Waals surface area contributed by atoms with E-state index in [4.69, 9.17) is 13.9 Å². The Hall–Kier alpha value is -3.52. The topological polar surface area (TPSA) is 92.5 Å². The van der Waals surface area contributed by atoms with Crippen molar-refractivity contribution in [3.8, 4) is 11.5 Å². The van der Waals surface area contributed by atoms with E-state index >= 15 is 0 Å². The molecule has 1 aromatic heterocycles. The van der Waals surface area contributed by atoms with Gasteiger partial charge in [0.05, 0.1) is 31.6 Å².